The van der Waals surface area contributed by atoms with Crippen LogP contribution in [-0.2, 0) is 6.18 Å². The molecule has 26 heavy (non-hydrogen) atoms. The van der Waals surface area contributed by atoms with Gasteiger partial charge in [-0.25, -0.2) is 4.68 Å². The van der Waals surface area contributed by atoms with Gasteiger partial charge >= 0.3 is 6.18 Å². The summed E-state index contributed by atoms with van der Waals surface area (Å²) >= 11 is 0. The first-order valence-corrected chi connectivity index (χ1v) is 8.56. The molecule has 1 saturated carbocycles. The summed E-state index contributed by atoms with van der Waals surface area (Å²) < 4.78 is 40.4. The highest BCUT2D eigenvalue weighted by Crippen LogP contribution is 2.42. The Bertz CT molecular complexity index is 820. The molecule has 7 heteroatoms. The number of hydrogen-bond donors (Lipinski definition) is 1. The lowest BCUT2D eigenvalue weighted by atomic mass is 10.1. The molecule has 1 aromatic carbocycles. The first-order chi connectivity index (χ1) is 12.4. The average Bonchev–Trinajstić information content (AvgIpc) is 3.36. The van der Waals surface area contributed by atoms with Crippen molar-refractivity contribution in [2.24, 2.45) is 0 Å². The highest BCUT2D eigenvalue weighted by molar-refractivity contribution is 5.95. The summed E-state index contributed by atoms with van der Waals surface area (Å²) in [6.45, 7) is 2.41. The van der Waals surface area contributed by atoms with Crippen molar-refractivity contribution in [1.82, 2.24) is 15.1 Å². The van der Waals surface area contributed by atoms with E-state index in [2.05, 4.69) is 10.4 Å². The molecule has 0 atom stereocenters. The van der Waals surface area contributed by atoms with Gasteiger partial charge in [-0.1, -0.05) is 18.2 Å². The maximum Gasteiger partial charge on any atom is 0.416 e. The van der Waals surface area contributed by atoms with Crippen molar-refractivity contribution in [2.45, 2.75) is 38.3 Å². The first-order valence-electron chi connectivity index (χ1n) is 8.56. The number of allylic oxidation sites excluding steroid dienone is 1. The van der Waals surface area contributed by atoms with Crippen molar-refractivity contribution in [2.75, 3.05) is 6.54 Å². The van der Waals surface area contributed by atoms with Crippen molar-refractivity contribution in [1.29, 1.82) is 0 Å². The van der Waals surface area contributed by atoms with Crippen LogP contribution in [-0.4, -0.2) is 22.2 Å². The van der Waals surface area contributed by atoms with Crippen molar-refractivity contribution >= 4 is 5.91 Å². The van der Waals surface area contributed by atoms with Crippen LogP contribution in [0, 0.1) is 0 Å². The molecule has 1 fully saturated rings. The van der Waals surface area contributed by atoms with Gasteiger partial charge in [-0.15, -0.1) is 0 Å². The van der Waals surface area contributed by atoms with Gasteiger partial charge in [-0.3, -0.25) is 4.79 Å². The minimum Gasteiger partial charge on any atom is -0.352 e. The van der Waals surface area contributed by atoms with Gasteiger partial charge in [-0.05, 0) is 44.4 Å². The highest BCUT2D eigenvalue weighted by Gasteiger charge is 2.34. The van der Waals surface area contributed by atoms with Crippen LogP contribution < -0.4 is 5.32 Å². The van der Waals surface area contributed by atoms with Crippen LogP contribution in [0.1, 0.15) is 53.7 Å². The fourth-order valence-electron chi connectivity index (χ4n) is 2.83. The molecular formula is C19H20F3N3O. The number of carbonyl (C=O) groups is 1. The highest BCUT2D eigenvalue weighted by atomic mass is 19.4. The molecule has 1 heterocycles. The molecule has 1 aliphatic carbocycles. The SMILES string of the molecule is C/C=C/CCNC(=O)c1cnn(-c2cccc(C(F)(F)F)c2)c1C1CC1. The normalized spacial score (nSPS) is 14.8. The largest absolute Gasteiger partial charge is 0.416 e. The zero-order chi connectivity index (χ0) is 18.7. The topological polar surface area (TPSA) is 46.9 Å². The van der Waals surface area contributed by atoms with Crippen molar-refractivity contribution in [3.05, 3.63) is 59.4 Å². The zero-order valence-corrected chi connectivity index (χ0v) is 14.4. The van der Waals surface area contributed by atoms with Gasteiger partial charge in [0.1, 0.15) is 0 Å². The molecular weight excluding hydrogens is 343 g/mol. The number of amides is 1. The van der Waals surface area contributed by atoms with Gasteiger partial charge < -0.3 is 5.32 Å². The second-order valence-corrected chi connectivity index (χ2v) is 6.29. The number of rotatable bonds is 6. The molecule has 0 radical (unpaired) electrons. The molecule has 0 bridgehead atoms. The van der Waals surface area contributed by atoms with Crippen LogP contribution >= 0.6 is 0 Å². The summed E-state index contributed by atoms with van der Waals surface area (Å²) in [7, 11) is 0. The fraction of sp³-hybridized carbons (Fsp3) is 0.368. The molecule has 0 saturated heterocycles. The molecule has 1 amide bonds. The lowest BCUT2D eigenvalue weighted by Gasteiger charge is -2.12. The third-order valence-corrected chi connectivity index (χ3v) is 4.27. The van der Waals surface area contributed by atoms with Crippen molar-refractivity contribution in [3.63, 3.8) is 0 Å². The molecule has 4 nitrogen and oxygen atoms in total. The molecule has 0 aliphatic heterocycles. The molecule has 138 valence electrons. The third-order valence-electron chi connectivity index (χ3n) is 4.27. The van der Waals surface area contributed by atoms with Gasteiger partial charge in [0.05, 0.1) is 28.7 Å². The first kappa shape index (κ1) is 18.2. The Balaban J connectivity index is 1.90. The summed E-state index contributed by atoms with van der Waals surface area (Å²) in [5.74, 6) is -0.0852. The van der Waals surface area contributed by atoms with E-state index in [-0.39, 0.29) is 11.8 Å². The van der Waals surface area contributed by atoms with Gasteiger partial charge in [0, 0.05) is 12.5 Å². The van der Waals surface area contributed by atoms with Crippen LogP contribution in [0.15, 0.2) is 42.6 Å². The Morgan fingerprint density at radius 3 is 2.81 bits per heavy atom. The Hall–Kier alpha value is -2.57. The lowest BCUT2D eigenvalue weighted by Crippen LogP contribution is -2.25. The quantitative estimate of drug-likeness (QED) is 0.608. The molecule has 3 rings (SSSR count). The van der Waals surface area contributed by atoms with Crippen molar-refractivity contribution < 1.29 is 18.0 Å². The standard InChI is InChI=1S/C19H20F3N3O/c1-2-3-4-10-23-18(26)16-12-24-25(17(16)13-8-9-13)15-7-5-6-14(11-15)19(20,21)22/h2-3,5-7,11-13H,4,8-10H2,1H3,(H,23,26)/b3-2+. The van der Waals surface area contributed by atoms with E-state index < -0.39 is 11.7 Å². The Kier molecular flexibility index (Phi) is 5.15. The van der Waals surface area contributed by atoms with E-state index in [1.54, 1.807) is 6.07 Å². The molecule has 1 aromatic heterocycles. The van der Waals surface area contributed by atoms with Gasteiger partial charge in [0.15, 0.2) is 0 Å². The number of benzene rings is 1. The van der Waals surface area contributed by atoms with E-state index in [0.29, 0.717) is 23.5 Å². The van der Waals surface area contributed by atoms with Crippen molar-refractivity contribution in [3.8, 4) is 5.69 Å². The van der Waals surface area contributed by atoms with E-state index in [9.17, 15) is 18.0 Å². The summed E-state index contributed by atoms with van der Waals surface area (Å²) in [5.41, 5.74) is 0.706. The van der Waals surface area contributed by atoms with Gasteiger partial charge in [-0.2, -0.15) is 18.3 Å². The van der Waals surface area contributed by atoms with Crippen LogP contribution in [0.25, 0.3) is 5.69 Å². The predicted molar refractivity (Wildman–Crippen MR) is 92.3 cm³/mol. The number of nitrogens with zero attached hydrogens (tertiary/aromatic N) is 2. The van der Waals surface area contributed by atoms with E-state index in [0.717, 1.165) is 31.4 Å². The average molecular weight is 363 g/mol. The maximum atomic E-state index is 13.0. The summed E-state index contributed by atoms with van der Waals surface area (Å²) in [6.07, 6.45) is 3.42. The second kappa shape index (κ2) is 7.35. The lowest BCUT2D eigenvalue weighted by molar-refractivity contribution is -0.137. The molecule has 1 N–H and O–H groups in total. The Morgan fingerprint density at radius 1 is 1.38 bits per heavy atom. The van der Waals surface area contributed by atoms with Crippen LogP contribution in [0.3, 0.4) is 0 Å². The predicted octanol–water partition coefficient (Wildman–Crippen LogP) is 4.46. The number of nitrogens with one attached hydrogen (secondary N) is 1. The number of halogens is 3. The molecule has 0 spiro atoms. The van der Waals surface area contributed by atoms with Gasteiger partial charge in [0.25, 0.3) is 5.91 Å². The second-order valence-electron chi connectivity index (χ2n) is 6.29. The monoisotopic (exact) mass is 363 g/mol. The number of alkyl halides is 3. The zero-order valence-electron chi connectivity index (χ0n) is 14.4. The summed E-state index contributed by atoms with van der Waals surface area (Å²) in [6, 6.07) is 5.01. The van der Waals surface area contributed by atoms with E-state index in [4.69, 9.17) is 0 Å². The Labute approximate surface area is 149 Å². The minimum absolute atomic E-state index is 0.156. The molecule has 2 aromatic rings. The number of aromatic nitrogens is 2. The maximum absolute atomic E-state index is 13.0. The van der Waals surface area contributed by atoms with Crippen LogP contribution in [0.4, 0.5) is 13.2 Å². The van der Waals surface area contributed by atoms with Crippen LogP contribution in [0.2, 0.25) is 0 Å². The molecule has 0 unspecified atom stereocenters. The molecule has 1 aliphatic rings. The van der Waals surface area contributed by atoms with Gasteiger partial charge in [0.2, 0.25) is 0 Å². The smallest absolute Gasteiger partial charge is 0.352 e. The third kappa shape index (κ3) is 3.98. The van der Waals surface area contributed by atoms with E-state index in [1.165, 1.54) is 16.9 Å². The Morgan fingerprint density at radius 2 is 2.15 bits per heavy atom. The minimum atomic E-state index is -4.42. The van der Waals surface area contributed by atoms with Crippen LogP contribution in [0.5, 0.6) is 0 Å². The van der Waals surface area contributed by atoms with E-state index in [1.807, 2.05) is 19.1 Å². The summed E-state index contributed by atoms with van der Waals surface area (Å²) in [4.78, 5) is 12.5. The fourth-order valence-corrected chi connectivity index (χ4v) is 2.83. The number of carbonyl (C=O) groups excluding carboxylic acids is 1. The van der Waals surface area contributed by atoms with E-state index >= 15 is 0 Å². The summed E-state index contributed by atoms with van der Waals surface area (Å²) in [5, 5.41) is 7.04. The number of hydrogen-bond acceptors (Lipinski definition) is 2.